The molecule has 0 fully saturated rings. The van der Waals surface area contributed by atoms with Crippen molar-refractivity contribution < 1.29 is 19.5 Å². The van der Waals surface area contributed by atoms with E-state index in [0.717, 1.165) is 10.8 Å². The van der Waals surface area contributed by atoms with Crippen LogP contribution in [0.5, 0.6) is 11.5 Å². The maximum atomic E-state index is 12.4. The molecule has 0 saturated heterocycles. The molecule has 0 spiro atoms. The van der Waals surface area contributed by atoms with Crippen LogP contribution in [0.4, 0.5) is 10.5 Å². The summed E-state index contributed by atoms with van der Waals surface area (Å²) in [6.45, 7) is 1.92. The van der Waals surface area contributed by atoms with E-state index in [-0.39, 0.29) is 6.61 Å². The van der Waals surface area contributed by atoms with E-state index >= 15 is 0 Å². The summed E-state index contributed by atoms with van der Waals surface area (Å²) in [4.78, 5) is 17.6. The van der Waals surface area contributed by atoms with Crippen molar-refractivity contribution in [2.45, 2.75) is 15.3 Å². The number of benzene rings is 2. The molecule has 1 atom stereocenters. The van der Waals surface area contributed by atoms with E-state index in [1.807, 2.05) is 30.3 Å². The fourth-order valence-corrected chi connectivity index (χ4v) is 2.48. The van der Waals surface area contributed by atoms with Crippen LogP contribution in [-0.4, -0.2) is 31.2 Å². The van der Waals surface area contributed by atoms with Gasteiger partial charge in [-0.15, -0.1) is 0 Å². The number of hydrogen-bond acceptors (Lipinski definition) is 4. The van der Waals surface area contributed by atoms with Gasteiger partial charge in [0, 0.05) is 5.69 Å². The van der Waals surface area contributed by atoms with E-state index in [0.29, 0.717) is 11.4 Å². The molecule has 26 heavy (non-hydrogen) atoms. The first kappa shape index (κ1) is 21.2. The molecule has 2 aromatic carbocycles. The molecule has 2 aromatic rings. The summed E-state index contributed by atoms with van der Waals surface area (Å²) in [5.41, 5.74) is 0.525. The Morgan fingerprint density at radius 1 is 1.12 bits per heavy atom. The van der Waals surface area contributed by atoms with Crippen molar-refractivity contribution in [1.29, 1.82) is 0 Å². The Labute approximate surface area is 176 Å². The zero-order valence-corrected chi connectivity index (χ0v) is 18.5. The molecule has 0 aliphatic carbocycles. The fourth-order valence-electron chi connectivity index (χ4n) is 1.92. The van der Waals surface area contributed by atoms with Gasteiger partial charge in [-0.3, -0.25) is 4.84 Å². The molecule has 2 rings (SSSR count). The fraction of sp³-hybridized carbons (Fsp3) is 0.235. The number of aliphatic hydroxyl groups excluding tert-OH is 1. The van der Waals surface area contributed by atoms with Crippen molar-refractivity contribution in [2.24, 2.45) is 0 Å². The summed E-state index contributed by atoms with van der Waals surface area (Å²) in [5.74, 6) is 1.36. The van der Waals surface area contributed by atoms with Gasteiger partial charge in [-0.25, -0.2) is 4.79 Å². The highest BCUT2D eigenvalue weighted by Crippen LogP contribution is 2.38. The number of hydroxylamine groups is 2. The van der Waals surface area contributed by atoms with Gasteiger partial charge in [0.2, 0.25) is 0 Å². The zero-order valence-electron chi connectivity index (χ0n) is 13.7. The Kier molecular flexibility index (Phi) is 7.90. The van der Waals surface area contributed by atoms with Gasteiger partial charge in [-0.1, -0.05) is 66.0 Å². The molecule has 0 heterocycles. The Bertz CT molecular complexity index is 708. The molecule has 0 aliphatic heterocycles. The number of anilines is 1. The minimum Gasteiger partial charge on any atom is -0.457 e. The van der Waals surface area contributed by atoms with Crippen molar-refractivity contribution in [3.8, 4) is 11.5 Å². The number of alkyl halides is 3. The molecule has 0 aromatic heterocycles. The Hall–Kier alpha value is -1.13. The largest absolute Gasteiger partial charge is 0.457 e. The van der Waals surface area contributed by atoms with Gasteiger partial charge in [0.25, 0.3) is 0 Å². The molecule has 1 unspecified atom stereocenters. The predicted molar refractivity (Wildman–Crippen MR) is 111 cm³/mol. The van der Waals surface area contributed by atoms with Crippen LogP contribution in [0, 0.1) is 0 Å². The third kappa shape index (κ3) is 6.24. The van der Waals surface area contributed by atoms with Gasteiger partial charge in [0.15, 0.2) is 8.37 Å². The number of para-hydroxylation sites is 1. The lowest BCUT2D eigenvalue weighted by atomic mass is 10.3. The standard InChI is InChI=1S/C17H17Br3N2O4/c1-2-25-22(15(23)17(18,19)20)16(24)21-12-8-10-14(11-9-12)26-13-6-4-3-5-7-13/h3-11,15,23H,2H2,1H3,(H,21,24). The first-order chi connectivity index (χ1) is 12.3. The molecule has 6 nitrogen and oxygen atoms in total. The summed E-state index contributed by atoms with van der Waals surface area (Å²) >= 11 is 9.52. The van der Waals surface area contributed by atoms with Gasteiger partial charge >= 0.3 is 6.03 Å². The average Bonchev–Trinajstić information content (AvgIpc) is 2.61. The number of ether oxygens (including phenoxy) is 1. The second-order valence-corrected chi connectivity index (χ2v) is 12.0. The number of nitrogens with one attached hydrogen (secondary N) is 1. The van der Waals surface area contributed by atoms with Gasteiger partial charge in [-0.2, -0.15) is 5.06 Å². The number of hydrogen-bond donors (Lipinski definition) is 2. The van der Waals surface area contributed by atoms with E-state index in [1.165, 1.54) is 0 Å². The van der Waals surface area contributed by atoms with E-state index in [4.69, 9.17) is 9.57 Å². The summed E-state index contributed by atoms with van der Waals surface area (Å²) in [6.07, 6.45) is -1.33. The van der Waals surface area contributed by atoms with Crippen LogP contribution in [0.1, 0.15) is 6.92 Å². The maximum absolute atomic E-state index is 12.4. The summed E-state index contributed by atoms with van der Waals surface area (Å²) in [7, 11) is 0. The van der Waals surface area contributed by atoms with Gasteiger partial charge < -0.3 is 15.2 Å². The minimum atomic E-state index is -1.33. The van der Waals surface area contributed by atoms with Crippen molar-refractivity contribution in [2.75, 3.05) is 11.9 Å². The molecule has 0 radical (unpaired) electrons. The number of carbonyl (C=O) groups excluding carboxylic acids is 1. The number of aliphatic hydroxyl groups is 1. The second kappa shape index (κ2) is 9.70. The monoisotopic (exact) mass is 550 g/mol. The van der Waals surface area contributed by atoms with Crippen molar-refractivity contribution in [3.05, 3.63) is 54.6 Å². The molecular formula is C17H17Br3N2O4. The Morgan fingerprint density at radius 2 is 1.69 bits per heavy atom. The van der Waals surface area contributed by atoms with Crippen molar-refractivity contribution in [3.63, 3.8) is 0 Å². The Balaban J connectivity index is 2.03. The lowest BCUT2D eigenvalue weighted by Gasteiger charge is -2.31. The first-order valence-electron chi connectivity index (χ1n) is 7.62. The third-order valence-electron chi connectivity index (χ3n) is 3.07. The number of urea groups is 1. The van der Waals surface area contributed by atoms with Crippen LogP contribution in [0.25, 0.3) is 0 Å². The Morgan fingerprint density at radius 3 is 2.23 bits per heavy atom. The van der Waals surface area contributed by atoms with Crippen LogP contribution in [0.3, 0.4) is 0 Å². The quantitative estimate of drug-likeness (QED) is 0.285. The maximum Gasteiger partial charge on any atom is 0.348 e. The van der Waals surface area contributed by atoms with Gasteiger partial charge in [0.05, 0.1) is 6.61 Å². The summed E-state index contributed by atoms with van der Waals surface area (Å²) in [6, 6.07) is 15.6. The number of amides is 2. The predicted octanol–water partition coefficient (Wildman–Crippen LogP) is 5.42. The van der Waals surface area contributed by atoms with Crippen LogP contribution in [0.2, 0.25) is 0 Å². The third-order valence-corrected chi connectivity index (χ3v) is 4.30. The van der Waals surface area contributed by atoms with Gasteiger partial charge in [-0.05, 0) is 43.3 Å². The number of carbonyl (C=O) groups is 1. The minimum absolute atomic E-state index is 0.206. The van der Waals surface area contributed by atoms with Crippen LogP contribution in [0.15, 0.2) is 54.6 Å². The van der Waals surface area contributed by atoms with Crippen molar-refractivity contribution in [1.82, 2.24) is 5.06 Å². The summed E-state index contributed by atoms with van der Waals surface area (Å²) < 4.78 is 4.60. The molecule has 9 heteroatoms. The molecular weight excluding hydrogens is 536 g/mol. The van der Waals surface area contributed by atoms with Crippen molar-refractivity contribution >= 4 is 59.5 Å². The van der Waals surface area contributed by atoms with Crippen LogP contribution >= 0.6 is 47.8 Å². The molecule has 140 valence electrons. The molecule has 2 N–H and O–H groups in total. The van der Waals surface area contributed by atoms with E-state index in [9.17, 15) is 9.90 Å². The second-order valence-electron chi connectivity index (χ2n) is 5.03. The SMILES string of the molecule is CCON(C(=O)Nc1ccc(Oc2ccccc2)cc1)C(O)C(Br)(Br)Br. The number of rotatable bonds is 6. The highest BCUT2D eigenvalue weighted by atomic mass is 80.0. The lowest BCUT2D eigenvalue weighted by Crippen LogP contribution is -2.48. The number of halogens is 3. The van der Waals surface area contributed by atoms with E-state index < -0.39 is 14.4 Å². The molecule has 0 saturated carbocycles. The molecule has 2 amide bonds. The van der Waals surface area contributed by atoms with E-state index in [2.05, 4.69) is 53.1 Å². The van der Waals surface area contributed by atoms with Crippen LogP contribution in [-0.2, 0) is 4.84 Å². The highest BCUT2D eigenvalue weighted by Gasteiger charge is 2.38. The zero-order chi connectivity index (χ0) is 19.2. The molecule has 0 bridgehead atoms. The van der Waals surface area contributed by atoms with Gasteiger partial charge in [0.1, 0.15) is 11.5 Å². The van der Waals surface area contributed by atoms with E-state index in [1.54, 1.807) is 31.2 Å². The first-order valence-corrected chi connectivity index (χ1v) is 10.00. The smallest absolute Gasteiger partial charge is 0.348 e. The average molecular weight is 553 g/mol. The normalized spacial score (nSPS) is 12.3. The highest BCUT2D eigenvalue weighted by molar-refractivity contribution is 9.39. The number of nitrogens with zero attached hydrogens (tertiary/aromatic N) is 1. The van der Waals surface area contributed by atoms with Crippen LogP contribution < -0.4 is 10.1 Å². The summed E-state index contributed by atoms with van der Waals surface area (Å²) in [5, 5.41) is 13.7. The topological polar surface area (TPSA) is 71.0 Å². The lowest BCUT2D eigenvalue weighted by molar-refractivity contribution is -0.188. The molecule has 0 aliphatic rings.